The molecule has 0 unspecified atom stereocenters. The summed E-state index contributed by atoms with van der Waals surface area (Å²) in [6, 6.07) is 0. The van der Waals surface area contributed by atoms with Crippen molar-refractivity contribution in [2.45, 2.75) is 0 Å². The number of hydrogen-bond donors (Lipinski definition) is 2. The Bertz CT molecular complexity index is 7.61. The molecule has 0 spiro atoms. The summed E-state index contributed by atoms with van der Waals surface area (Å²) in [4.78, 5) is 0. The molecule has 2 radical (unpaired) electrons. The van der Waals surface area contributed by atoms with Crippen LogP contribution in [0.15, 0.2) is 0 Å². The fraction of sp³-hybridized carbons (Fsp3) is 1.00. The Morgan fingerprint density at radius 1 is 0.800 bits per heavy atom. The van der Waals surface area contributed by atoms with E-state index in [-0.39, 0.29) is 45.5 Å². The van der Waals surface area contributed by atoms with Gasteiger partial charge in [-0.15, -0.1) is 0 Å². The first-order valence-electron chi connectivity index (χ1n) is 0.894. The van der Waals surface area contributed by atoms with E-state index in [2.05, 4.69) is 0 Å². The van der Waals surface area contributed by atoms with Crippen LogP contribution in [-0.2, 0) is 0 Å². The second-order valence-corrected chi connectivity index (χ2v) is 0. The molecule has 30 valence electrons. The molecule has 0 aromatic heterocycles. The molecule has 0 saturated heterocycles. The third-order valence-corrected chi connectivity index (χ3v) is 0. The summed E-state index contributed by atoms with van der Waals surface area (Å²) in [6.07, 6.45) is 0. The molecule has 5 heavy (non-hydrogen) atoms. The molecule has 0 aliphatic heterocycles. The summed E-state index contributed by atoms with van der Waals surface area (Å²) in [6.45, 7) is 0. The Balaban J connectivity index is -0.0000000133. The van der Waals surface area contributed by atoms with Gasteiger partial charge in [-0.05, 0) is 0 Å². The first kappa shape index (κ1) is 16.1. The third kappa shape index (κ3) is 31.8. The van der Waals surface area contributed by atoms with Crippen molar-refractivity contribution in [3.05, 3.63) is 0 Å². The van der Waals surface area contributed by atoms with Gasteiger partial charge in [0.15, 0.2) is 0 Å². The van der Waals surface area contributed by atoms with Crippen LogP contribution >= 0.6 is 0 Å². The van der Waals surface area contributed by atoms with Crippen molar-refractivity contribution < 1.29 is 10.2 Å². The minimum atomic E-state index is 0. The molecule has 0 aromatic rings. The van der Waals surface area contributed by atoms with E-state index in [4.69, 9.17) is 10.2 Å². The fourth-order valence-corrected chi connectivity index (χ4v) is 0. The minimum Gasteiger partial charge on any atom is -0.400 e. The van der Waals surface area contributed by atoms with E-state index < -0.39 is 0 Å². The number of rotatable bonds is 0. The molecule has 0 aliphatic rings. The van der Waals surface area contributed by atoms with Gasteiger partial charge in [-0.1, -0.05) is 0 Å². The van der Waals surface area contributed by atoms with E-state index in [1.807, 2.05) is 0 Å². The van der Waals surface area contributed by atoms with Gasteiger partial charge >= 0.3 is 0 Å². The largest absolute Gasteiger partial charge is 0.400 e. The van der Waals surface area contributed by atoms with Gasteiger partial charge in [-0.3, -0.25) is 0 Å². The van der Waals surface area contributed by atoms with Gasteiger partial charge in [0.1, 0.15) is 0 Å². The molecule has 0 rings (SSSR count). The predicted molar refractivity (Wildman–Crippen MR) is 22.0 cm³/mol. The average molecular weight is 152 g/mol. The molecule has 0 amide bonds. The SMILES string of the molecule is CO.CO.[Sr]. The smallest absolute Gasteiger partial charge is 0.0319 e. The molecule has 0 aromatic carbocycles. The molecule has 0 atom stereocenters. The summed E-state index contributed by atoms with van der Waals surface area (Å²) in [5.74, 6) is 0. The zero-order chi connectivity index (χ0) is 4.00. The molecular formula is C2H8O2Sr. The molecule has 2 N–H and O–H groups in total. The zero-order valence-corrected chi connectivity index (χ0v) is 7.08. The summed E-state index contributed by atoms with van der Waals surface area (Å²) in [5, 5.41) is 14.0. The summed E-state index contributed by atoms with van der Waals surface area (Å²) < 4.78 is 0. The predicted octanol–water partition coefficient (Wildman–Crippen LogP) is -1.16. The third-order valence-electron chi connectivity index (χ3n) is 0. The summed E-state index contributed by atoms with van der Waals surface area (Å²) in [7, 11) is 2.00. The fourth-order valence-electron chi connectivity index (χ4n) is 0. The maximum Gasteiger partial charge on any atom is 0.0319 e. The molecular weight excluding hydrogens is 144 g/mol. The van der Waals surface area contributed by atoms with Crippen LogP contribution in [0.5, 0.6) is 0 Å². The summed E-state index contributed by atoms with van der Waals surface area (Å²) in [5.41, 5.74) is 0. The summed E-state index contributed by atoms with van der Waals surface area (Å²) >= 11 is 0. The molecule has 0 fully saturated rings. The Morgan fingerprint density at radius 2 is 0.800 bits per heavy atom. The van der Waals surface area contributed by atoms with Crippen molar-refractivity contribution in [1.29, 1.82) is 0 Å². The van der Waals surface area contributed by atoms with Crippen molar-refractivity contribution in [2.24, 2.45) is 0 Å². The molecule has 0 heterocycles. The van der Waals surface area contributed by atoms with Crippen LogP contribution in [0.3, 0.4) is 0 Å². The second-order valence-electron chi connectivity index (χ2n) is 0. The first-order valence-corrected chi connectivity index (χ1v) is 0.894. The van der Waals surface area contributed by atoms with Gasteiger partial charge in [0.2, 0.25) is 0 Å². The average Bonchev–Trinajstić information content (AvgIpc) is 1.50. The monoisotopic (exact) mass is 152 g/mol. The maximum absolute atomic E-state index is 7.00. The molecule has 0 saturated carbocycles. The van der Waals surface area contributed by atoms with Crippen LogP contribution < -0.4 is 0 Å². The minimum absolute atomic E-state index is 0. The molecule has 3 heteroatoms. The quantitative estimate of drug-likeness (QED) is 0.429. The molecule has 2 nitrogen and oxygen atoms in total. The zero-order valence-electron chi connectivity index (χ0n) is 3.60. The Labute approximate surface area is 69.1 Å². The van der Waals surface area contributed by atoms with E-state index in [0.717, 1.165) is 14.2 Å². The van der Waals surface area contributed by atoms with Crippen molar-refractivity contribution in [1.82, 2.24) is 0 Å². The van der Waals surface area contributed by atoms with Crippen LogP contribution in [0.1, 0.15) is 0 Å². The van der Waals surface area contributed by atoms with Crippen molar-refractivity contribution in [2.75, 3.05) is 14.2 Å². The standard InChI is InChI=1S/2CH4O.Sr/c2*1-2;/h2*2H,1H3;. The topological polar surface area (TPSA) is 40.5 Å². The first-order chi connectivity index (χ1) is 2.00. The van der Waals surface area contributed by atoms with Crippen molar-refractivity contribution in [3.63, 3.8) is 0 Å². The van der Waals surface area contributed by atoms with Gasteiger partial charge in [0.25, 0.3) is 0 Å². The van der Waals surface area contributed by atoms with Gasteiger partial charge in [0, 0.05) is 59.7 Å². The Kier molecular flexibility index (Phi) is 172. The van der Waals surface area contributed by atoms with Gasteiger partial charge in [-0.2, -0.15) is 0 Å². The maximum atomic E-state index is 7.00. The van der Waals surface area contributed by atoms with Crippen LogP contribution in [-0.4, -0.2) is 69.9 Å². The number of aliphatic hydroxyl groups excluding tert-OH is 2. The van der Waals surface area contributed by atoms with E-state index in [1.54, 1.807) is 0 Å². The van der Waals surface area contributed by atoms with Crippen LogP contribution in [0.4, 0.5) is 0 Å². The van der Waals surface area contributed by atoms with E-state index >= 15 is 0 Å². The van der Waals surface area contributed by atoms with Crippen LogP contribution in [0, 0.1) is 0 Å². The van der Waals surface area contributed by atoms with Crippen molar-refractivity contribution in [3.8, 4) is 0 Å². The van der Waals surface area contributed by atoms with Gasteiger partial charge in [-0.25, -0.2) is 0 Å². The van der Waals surface area contributed by atoms with Crippen molar-refractivity contribution >= 4 is 45.5 Å². The van der Waals surface area contributed by atoms with Gasteiger partial charge < -0.3 is 10.2 Å². The van der Waals surface area contributed by atoms with E-state index in [0.29, 0.717) is 0 Å². The molecule has 0 bridgehead atoms. The van der Waals surface area contributed by atoms with E-state index in [1.165, 1.54) is 0 Å². The Morgan fingerprint density at radius 3 is 0.800 bits per heavy atom. The molecule has 0 aliphatic carbocycles. The normalized spacial score (nSPS) is 2.40. The Hall–Kier alpha value is 1.40. The number of aliphatic hydroxyl groups is 2. The second kappa shape index (κ2) is 53.3. The van der Waals surface area contributed by atoms with E-state index in [9.17, 15) is 0 Å². The van der Waals surface area contributed by atoms with Crippen LogP contribution in [0.25, 0.3) is 0 Å². The van der Waals surface area contributed by atoms with Gasteiger partial charge in [0.05, 0.1) is 0 Å². The van der Waals surface area contributed by atoms with Crippen LogP contribution in [0.2, 0.25) is 0 Å². The number of hydrogen-bond acceptors (Lipinski definition) is 2.